The minimum absolute atomic E-state index is 0. The van der Waals surface area contributed by atoms with Gasteiger partial charge < -0.3 is 24.4 Å². The minimum atomic E-state index is 0. The molecule has 4 N–H and O–H groups in total. The van der Waals surface area contributed by atoms with Gasteiger partial charge in [-0.1, -0.05) is 234 Å². The van der Waals surface area contributed by atoms with Gasteiger partial charge in [-0.05, 0) is 97.9 Å². The van der Waals surface area contributed by atoms with E-state index >= 15 is 0 Å². The van der Waals surface area contributed by atoms with Crippen LogP contribution < -0.4 is 9.88 Å². The maximum atomic E-state index is 11.4. The van der Waals surface area contributed by atoms with Crippen LogP contribution in [0.15, 0.2) is 135 Å². The van der Waals surface area contributed by atoms with Gasteiger partial charge in [0.2, 0.25) is 11.5 Å². The van der Waals surface area contributed by atoms with Gasteiger partial charge in [-0.2, -0.15) is 14.8 Å². The molecule has 0 unspecified atom stereocenters. The van der Waals surface area contributed by atoms with Crippen LogP contribution in [-0.2, 0) is 43.4 Å². The molecule has 7 aromatic heterocycles. The molecule has 0 atom stereocenters. The number of nitrogens with zero attached hydrogens (tertiary/aromatic N) is 8. The molecule has 0 aromatic carbocycles. The number of imidazole rings is 2. The highest BCUT2D eigenvalue weighted by Crippen LogP contribution is 2.28. The lowest BCUT2D eigenvalue weighted by molar-refractivity contribution is -0.690. The standard InChI is InChI=1S/C12H16NO.C10H13NO.C10H15N.C9H15N.2C7H12N2.2C6H10N2.6C2H6.4B/c1-12(2,3)9-4-5-10-11(14)6-7-13(10)8-9;1-7(2)8-5-9-10(12)3-4-11(9)6-8;1-8-5-6-9(7-11-8)10(2,3)4;1-9(2,3)8-5-6-10(4)7-8;1-7(2,3)6-4-8-9-5-6;1-6(2)7-4-5-9(3)8-7;2*1-5(2)6-3-7-4-8-6;6*1-2;;;;/h4-5,8H,6-7H2,1-3H3;5-7H,3-4H2,1-2H3;5-7,11H,1H2,2-4H3;5-7H,1-4H3;4-5H,1-3H3,(H,8,9);4-6H,1-3H3;2*3-5H,1-2H3,(H,7,8);6*1-2H3;;;;/q+1;;;;;;;;;;;;;;;;;. The van der Waals surface area contributed by atoms with Crippen LogP contribution in [0.5, 0.6) is 0 Å². The number of aromatic amines is 3. The van der Waals surface area contributed by atoms with Crippen LogP contribution in [-0.4, -0.2) is 94.3 Å². The van der Waals surface area contributed by atoms with Crippen molar-refractivity contribution in [3.8, 4) is 0 Å². The summed E-state index contributed by atoms with van der Waals surface area (Å²) in [4.78, 5) is 36.5. The summed E-state index contributed by atoms with van der Waals surface area (Å²) in [5, 5.41) is 14.0. The Balaban J connectivity index is -0.000000152. The second-order valence-corrected chi connectivity index (χ2v) is 26.4. The molecule has 0 saturated heterocycles. The summed E-state index contributed by atoms with van der Waals surface area (Å²) in [7, 11) is 3.99. The lowest BCUT2D eigenvalue weighted by Crippen LogP contribution is -2.35. The Morgan fingerprint density at radius 2 is 1.04 bits per heavy atom. The fourth-order valence-corrected chi connectivity index (χ4v) is 7.83. The molecule has 0 amide bonds. The third-order valence-corrected chi connectivity index (χ3v) is 13.6. The molecule has 10 rings (SSSR count). The number of hydrogen-bond acceptors (Lipinski definition) is 7. The van der Waals surface area contributed by atoms with E-state index in [0.29, 0.717) is 47.7 Å². The predicted octanol–water partition coefficient (Wildman–Crippen LogP) is 19.9. The summed E-state index contributed by atoms with van der Waals surface area (Å²) in [5.74, 6) is 2.77. The number of allylic oxidation sites excluding steroid dienone is 3. The third-order valence-electron chi connectivity index (χ3n) is 13.6. The fraction of sp³-hybridized carbons (Fsp3) is 0.582. The number of dihydropyridines is 1. The summed E-state index contributed by atoms with van der Waals surface area (Å²) >= 11 is 0. The molecule has 7 aromatic rings. The van der Waals surface area contributed by atoms with Crippen molar-refractivity contribution in [2.24, 2.45) is 19.5 Å². The highest BCUT2D eigenvalue weighted by molar-refractivity contribution is 5.96. The summed E-state index contributed by atoms with van der Waals surface area (Å²) in [6.07, 6.45) is 28.8. The first-order valence-corrected chi connectivity index (χ1v) is 34.8. The van der Waals surface area contributed by atoms with E-state index in [9.17, 15) is 9.59 Å². The molecule has 0 bridgehead atoms. The zero-order valence-electron chi connectivity index (χ0n) is 68.0. The number of pyridine rings is 1. The van der Waals surface area contributed by atoms with Crippen LogP contribution in [0.25, 0.3) is 0 Å². The maximum absolute atomic E-state index is 11.4. The predicted molar refractivity (Wildman–Crippen MR) is 426 cm³/mol. The molecule has 10 heterocycles. The molecule has 97 heavy (non-hydrogen) atoms. The molecular formula is C79H139B4N12O2+. The first-order chi connectivity index (χ1) is 43.6. The summed E-state index contributed by atoms with van der Waals surface area (Å²) in [6, 6.07) is 10.3. The van der Waals surface area contributed by atoms with E-state index in [1.807, 2.05) is 156 Å². The van der Waals surface area contributed by atoms with Crippen molar-refractivity contribution in [1.82, 2.24) is 54.4 Å². The number of ketones is 2. The first-order valence-electron chi connectivity index (χ1n) is 34.8. The number of nitrogens with one attached hydrogen (secondary N) is 4. The molecule has 0 aliphatic carbocycles. The van der Waals surface area contributed by atoms with E-state index in [2.05, 4.69) is 249 Å². The van der Waals surface area contributed by atoms with Gasteiger partial charge in [0.1, 0.15) is 0 Å². The normalized spacial score (nSPS) is 11.6. The van der Waals surface area contributed by atoms with E-state index in [4.69, 9.17) is 0 Å². The Labute approximate surface area is 603 Å². The molecular weight excluding hydrogens is 1190 g/mol. The van der Waals surface area contributed by atoms with Crippen molar-refractivity contribution in [3.63, 3.8) is 0 Å². The van der Waals surface area contributed by atoms with Crippen molar-refractivity contribution in [1.29, 1.82) is 0 Å². The van der Waals surface area contributed by atoms with Crippen molar-refractivity contribution in [3.05, 3.63) is 186 Å². The monoisotopic (exact) mass is 1330 g/mol. The van der Waals surface area contributed by atoms with Gasteiger partial charge in [0, 0.05) is 139 Å². The average molecular weight is 1330 g/mol. The van der Waals surface area contributed by atoms with E-state index in [0.717, 1.165) is 35.9 Å². The van der Waals surface area contributed by atoms with Gasteiger partial charge in [0.05, 0.1) is 36.7 Å². The van der Waals surface area contributed by atoms with E-state index in [1.165, 1.54) is 39.2 Å². The van der Waals surface area contributed by atoms with Crippen molar-refractivity contribution in [2.45, 2.75) is 287 Å². The molecule has 14 nitrogen and oxygen atoms in total. The van der Waals surface area contributed by atoms with Crippen molar-refractivity contribution in [2.75, 3.05) is 0 Å². The largest absolute Gasteiger partial charge is 0.362 e. The summed E-state index contributed by atoms with van der Waals surface area (Å²) in [5.41, 5.74) is 13.7. The molecule has 538 valence electrons. The number of Topliss-reactive ketones (excluding diaryl/α,β-unsaturated/α-hetero) is 2. The smallest absolute Gasteiger partial charge is 0.248 e. The van der Waals surface area contributed by atoms with Gasteiger partial charge in [-0.15, -0.1) is 0 Å². The number of hydrogen-bond donors (Lipinski definition) is 4. The molecule has 3 aliphatic heterocycles. The van der Waals surface area contributed by atoms with Gasteiger partial charge in [0.25, 0.3) is 0 Å². The summed E-state index contributed by atoms with van der Waals surface area (Å²) in [6.45, 7) is 72.9. The molecule has 0 fully saturated rings. The Hall–Kier alpha value is -6.83. The first kappa shape index (κ1) is 106. The number of carbonyl (C=O) groups excluding carboxylic acids is 2. The van der Waals surface area contributed by atoms with Gasteiger partial charge in [-0.25, -0.2) is 9.97 Å². The van der Waals surface area contributed by atoms with Crippen molar-refractivity contribution < 1.29 is 14.2 Å². The number of fused-ring (bicyclic) bond motifs is 2. The quantitative estimate of drug-likeness (QED) is 0.101. The lowest BCUT2D eigenvalue weighted by atomic mass is 9.86. The molecule has 0 saturated carbocycles. The van der Waals surface area contributed by atoms with Gasteiger partial charge in [0.15, 0.2) is 18.5 Å². The second-order valence-electron chi connectivity index (χ2n) is 26.4. The van der Waals surface area contributed by atoms with E-state index in [1.54, 1.807) is 12.7 Å². The molecule has 3 aliphatic rings. The van der Waals surface area contributed by atoms with Crippen molar-refractivity contribution >= 4 is 45.2 Å². The van der Waals surface area contributed by atoms with E-state index in [-0.39, 0.29) is 55.7 Å². The SMILES string of the molecule is C=C1C=CC(C(C)(C)C)=CN1.CC.CC.CC.CC.CC.CC.CC(C)(C)c1ccc2[n+](c1)CCC2=O.CC(C)(C)c1cn[nH]c1.CC(C)c1cc2n(c1)CCC2=O.CC(C)c1ccn(C)n1.CC(C)c1cnc[nH]1.CC(C)c1cnc[nH]1.Cn1ccc(C(C)(C)C)c1.[B].[B].[B].[B]. The second kappa shape index (κ2) is 56.1. The van der Waals surface area contributed by atoms with Crippen LogP contribution in [0.3, 0.4) is 0 Å². The average Bonchev–Trinajstić information content (AvgIpc) is 1.80. The Bertz CT molecular complexity index is 3000. The number of H-pyrrole nitrogens is 3. The maximum Gasteiger partial charge on any atom is 0.248 e. The Morgan fingerprint density at radius 3 is 1.33 bits per heavy atom. The fourth-order valence-electron chi connectivity index (χ4n) is 7.83. The van der Waals surface area contributed by atoms with Crippen LogP contribution in [0.1, 0.15) is 318 Å². The van der Waals surface area contributed by atoms with E-state index < -0.39 is 0 Å². The zero-order valence-corrected chi connectivity index (χ0v) is 68.0. The Morgan fingerprint density at radius 1 is 0.546 bits per heavy atom. The highest BCUT2D eigenvalue weighted by Gasteiger charge is 2.29. The summed E-state index contributed by atoms with van der Waals surface area (Å²) < 4.78 is 8.05. The molecule has 12 radical (unpaired) electrons. The molecule has 0 spiro atoms. The number of rotatable bonds is 4. The van der Waals surface area contributed by atoms with Crippen LogP contribution in [0.4, 0.5) is 0 Å². The van der Waals surface area contributed by atoms with Crippen LogP contribution in [0, 0.1) is 5.41 Å². The molecule has 18 heteroatoms. The topological polar surface area (TPSA) is 164 Å². The Kier molecular flexibility index (Phi) is 61.4. The number of aryl methyl sites for hydroxylation is 4. The number of aromatic nitrogens is 11. The van der Waals surface area contributed by atoms with Crippen LogP contribution in [0.2, 0.25) is 0 Å². The zero-order chi connectivity index (χ0) is 73.0. The third kappa shape index (κ3) is 43.2. The lowest BCUT2D eigenvalue weighted by Gasteiger charge is -2.22. The van der Waals surface area contributed by atoms with Gasteiger partial charge >= 0.3 is 0 Å². The van der Waals surface area contributed by atoms with Crippen LogP contribution >= 0.6 is 0 Å². The number of carbonyl (C=O) groups is 2. The highest BCUT2D eigenvalue weighted by atomic mass is 16.1. The van der Waals surface area contributed by atoms with Gasteiger partial charge in [-0.3, -0.25) is 19.4 Å². The minimum Gasteiger partial charge on any atom is -0.362 e.